The van der Waals surface area contributed by atoms with Crippen LogP contribution in [-0.2, 0) is 17.4 Å². The molecule has 1 heterocycles. The van der Waals surface area contributed by atoms with Gasteiger partial charge < -0.3 is 10.1 Å². The number of carbonyl (C=O) groups is 2. The van der Waals surface area contributed by atoms with E-state index in [4.69, 9.17) is 4.74 Å². The molecule has 10 heteroatoms. The molecular formula is C22H20F3N3O3S. The maximum atomic E-state index is 13.1. The predicted octanol–water partition coefficient (Wildman–Crippen LogP) is 5.38. The first-order chi connectivity index (χ1) is 15.3. The van der Waals surface area contributed by atoms with Crippen molar-refractivity contribution in [3.63, 3.8) is 0 Å². The maximum Gasteiger partial charge on any atom is 0.416 e. The van der Waals surface area contributed by atoms with Crippen LogP contribution in [0.3, 0.4) is 0 Å². The van der Waals surface area contributed by atoms with Gasteiger partial charge in [0.25, 0.3) is 5.91 Å². The molecular weight excluding hydrogens is 443 g/mol. The third kappa shape index (κ3) is 6.30. The van der Waals surface area contributed by atoms with E-state index in [9.17, 15) is 22.8 Å². The number of anilines is 2. The van der Waals surface area contributed by atoms with Gasteiger partial charge in [-0.1, -0.05) is 25.1 Å². The van der Waals surface area contributed by atoms with Gasteiger partial charge in [0.1, 0.15) is 5.75 Å². The largest absolute Gasteiger partial charge is 0.491 e. The minimum absolute atomic E-state index is 0.0638. The van der Waals surface area contributed by atoms with Crippen LogP contribution in [0, 0.1) is 0 Å². The quantitative estimate of drug-likeness (QED) is 0.470. The smallest absolute Gasteiger partial charge is 0.416 e. The molecule has 2 N–H and O–H groups in total. The van der Waals surface area contributed by atoms with Crippen LogP contribution in [-0.4, -0.2) is 23.4 Å². The normalized spacial score (nSPS) is 11.1. The second kappa shape index (κ2) is 10.3. The molecule has 6 nitrogen and oxygen atoms in total. The molecule has 0 spiro atoms. The summed E-state index contributed by atoms with van der Waals surface area (Å²) >= 11 is 1.14. The van der Waals surface area contributed by atoms with E-state index in [1.165, 1.54) is 6.07 Å². The first-order valence-electron chi connectivity index (χ1n) is 9.71. The maximum absolute atomic E-state index is 13.1. The SMILES string of the molecule is CCCOc1ccc(C(F)(F)F)cc1NC(=O)Cc1csc(NC(=O)c2ccccc2)n1. The summed E-state index contributed by atoms with van der Waals surface area (Å²) in [6.45, 7) is 2.16. The van der Waals surface area contributed by atoms with Gasteiger partial charge in [0.15, 0.2) is 5.13 Å². The lowest BCUT2D eigenvalue weighted by Gasteiger charge is -2.15. The molecule has 3 rings (SSSR count). The fraction of sp³-hybridized carbons (Fsp3) is 0.227. The van der Waals surface area contributed by atoms with Crippen molar-refractivity contribution in [3.05, 3.63) is 70.7 Å². The van der Waals surface area contributed by atoms with E-state index in [1.54, 1.807) is 35.7 Å². The van der Waals surface area contributed by atoms with Crippen LogP contribution >= 0.6 is 11.3 Å². The third-order valence-corrected chi connectivity index (χ3v) is 5.00. The Morgan fingerprint density at radius 3 is 2.53 bits per heavy atom. The Balaban J connectivity index is 1.67. The second-order valence-electron chi connectivity index (χ2n) is 6.75. The van der Waals surface area contributed by atoms with Crippen molar-refractivity contribution in [1.29, 1.82) is 0 Å². The van der Waals surface area contributed by atoms with Gasteiger partial charge in [-0.2, -0.15) is 13.2 Å². The van der Waals surface area contributed by atoms with Crippen molar-refractivity contribution in [2.24, 2.45) is 0 Å². The Hall–Kier alpha value is -3.40. The van der Waals surface area contributed by atoms with Crippen molar-refractivity contribution in [1.82, 2.24) is 4.98 Å². The van der Waals surface area contributed by atoms with Gasteiger partial charge in [-0.15, -0.1) is 11.3 Å². The molecule has 0 aliphatic carbocycles. The Kier molecular flexibility index (Phi) is 7.47. The predicted molar refractivity (Wildman–Crippen MR) is 116 cm³/mol. The number of nitrogens with one attached hydrogen (secondary N) is 2. The third-order valence-electron chi connectivity index (χ3n) is 4.19. The molecule has 2 amide bonds. The molecule has 32 heavy (non-hydrogen) atoms. The van der Waals surface area contributed by atoms with Crippen molar-refractivity contribution in [2.45, 2.75) is 25.9 Å². The summed E-state index contributed by atoms with van der Waals surface area (Å²) in [5.41, 5.74) is -0.118. The molecule has 3 aromatic rings. The first kappa shape index (κ1) is 23.3. The summed E-state index contributed by atoms with van der Waals surface area (Å²) in [6.07, 6.45) is -4.07. The lowest BCUT2D eigenvalue weighted by atomic mass is 10.1. The van der Waals surface area contributed by atoms with E-state index in [0.717, 1.165) is 23.5 Å². The molecule has 0 bridgehead atoms. The number of ether oxygens (including phenoxy) is 1. The summed E-state index contributed by atoms with van der Waals surface area (Å²) in [5, 5.41) is 7.03. The molecule has 0 unspecified atom stereocenters. The molecule has 0 fully saturated rings. The minimum Gasteiger partial charge on any atom is -0.491 e. The molecule has 1 aromatic heterocycles. The first-order valence-corrected chi connectivity index (χ1v) is 10.6. The number of thiazole rings is 1. The molecule has 2 aromatic carbocycles. The number of halogens is 3. The number of rotatable bonds is 8. The lowest BCUT2D eigenvalue weighted by molar-refractivity contribution is -0.137. The minimum atomic E-state index is -4.55. The zero-order valence-electron chi connectivity index (χ0n) is 17.0. The number of nitrogens with zero attached hydrogens (tertiary/aromatic N) is 1. The lowest BCUT2D eigenvalue weighted by Crippen LogP contribution is -2.17. The number of hydrogen-bond acceptors (Lipinski definition) is 5. The molecule has 0 aliphatic rings. The summed E-state index contributed by atoms with van der Waals surface area (Å²) in [4.78, 5) is 28.8. The zero-order chi connectivity index (χ0) is 23.1. The average molecular weight is 463 g/mol. The number of aromatic nitrogens is 1. The van der Waals surface area contributed by atoms with E-state index >= 15 is 0 Å². The monoisotopic (exact) mass is 463 g/mol. The highest BCUT2D eigenvalue weighted by Gasteiger charge is 2.31. The van der Waals surface area contributed by atoms with Crippen molar-refractivity contribution < 1.29 is 27.5 Å². The van der Waals surface area contributed by atoms with Gasteiger partial charge in [-0.3, -0.25) is 14.9 Å². The van der Waals surface area contributed by atoms with Crippen LogP contribution in [0.1, 0.15) is 35.0 Å². The second-order valence-corrected chi connectivity index (χ2v) is 7.60. The van der Waals surface area contributed by atoms with Crippen LogP contribution in [0.15, 0.2) is 53.9 Å². The van der Waals surface area contributed by atoms with Crippen molar-refractivity contribution >= 4 is 34.0 Å². The highest BCUT2D eigenvalue weighted by atomic mass is 32.1. The Bertz CT molecular complexity index is 1080. The fourth-order valence-corrected chi connectivity index (χ4v) is 3.41. The number of alkyl halides is 3. The summed E-state index contributed by atoms with van der Waals surface area (Å²) in [7, 11) is 0. The van der Waals surface area contributed by atoms with E-state index < -0.39 is 17.6 Å². The van der Waals surface area contributed by atoms with Crippen LogP contribution < -0.4 is 15.4 Å². The van der Waals surface area contributed by atoms with Crippen LogP contribution in [0.5, 0.6) is 5.75 Å². The summed E-state index contributed by atoms with van der Waals surface area (Å²) in [6, 6.07) is 11.5. The van der Waals surface area contributed by atoms with E-state index in [2.05, 4.69) is 15.6 Å². The Morgan fingerprint density at radius 2 is 1.84 bits per heavy atom. The van der Waals surface area contributed by atoms with Gasteiger partial charge in [0.2, 0.25) is 5.91 Å². The van der Waals surface area contributed by atoms with E-state index in [-0.39, 0.29) is 23.8 Å². The average Bonchev–Trinajstić information content (AvgIpc) is 3.19. The molecule has 168 valence electrons. The molecule has 0 aliphatic heterocycles. The summed E-state index contributed by atoms with van der Waals surface area (Å²) < 4.78 is 44.7. The van der Waals surface area contributed by atoms with Gasteiger partial charge in [-0.25, -0.2) is 4.98 Å². The zero-order valence-corrected chi connectivity index (χ0v) is 17.8. The number of benzene rings is 2. The standard InChI is InChI=1S/C22H20F3N3O3S/c1-2-10-31-18-9-8-15(22(23,24)25)11-17(18)27-19(29)12-16-13-32-21(26-16)28-20(30)14-6-4-3-5-7-14/h3-9,11,13H,2,10,12H2,1H3,(H,27,29)(H,26,28,30). The van der Waals surface area contributed by atoms with Gasteiger partial charge in [-0.05, 0) is 36.8 Å². The van der Waals surface area contributed by atoms with Crippen LogP contribution in [0.25, 0.3) is 0 Å². The summed E-state index contributed by atoms with van der Waals surface area (Å²) in [5.74, 6) is -0.739. The van der Waals surface area contributed by atoms with Gasteiger partial charge in [0.05, 0.1) is 30.0 Å². The molecule has 0 saturated heterocycles. The van der Waals surface area contributed by atoms with E-state index in [1.807, 2.05) is 6.92 Å². The Labute approximate surface area is 186 Å². The van der Waals surface area contributed by atoms with Gasteiger partial charge in [0, 0.05) is 10.9 Å². The van der Waals surface area contributed by atoms with Crippen molar-refractivity contribution in [3.8, 4) is 5.75 Å². The number of hydrogen-bond donors (Lipinski definition) is 2. The Morgan fingerprint density at radius 1 is 1.09 bits per heavy atom. The van der Waals surface area contributed by atoms with E-state index in [0.29, 0.717) is 29.4 Å². The number of amides is 2. The molecule has 0 radical (unpaired) electrons. The number of carbonyl (C=O) groups excluding carboxylic acids is 2. The highest BCUT2D eigenvalue weighted by Crippen LogP contribution is 2.35. The van der Waals surface area contributed by atoms with Crippen LogP contribution in [0.4, 0.5) is 24.0 Å². The topological polar surface area (TPSA) is 80.3 Å². The van der Waals surface area contributed by atoms with Crippen LogP contribution in [0.2, 0.25) is 0 Å². The van der Waals surface area contributed by atoms with Crippen molar-refractivity contribution in [2.75, 3.05) is 17.2 Å². The highest BCUT2D eigenvalue weighted by molar-refractivity contribution is 7.14. The fourth-order valence-electron chi connectivity index (χ4n) is 2.71. The molecule has 0 saturated carbocycles. The van der Waals surface area contributed by atoms with Gasteiger partial charge >= 0.3 is 6.18 Å². The molecule has 0 atom stereocenters.